The molecule has 0 amide bonds. The first-order valence-electron chi connectivity index (χ1n) is 6.20. The summed E-state index contributed by atoms with van der Waals surface area (Å²) in [5, 5.41) is 0. The number of nitrogens with zero attached hydrogens (tertiary/aromatic N) is 2. The van der Waals surface area contributed by atoms with Gasteiger partial charge in [0.2, 0.25) is 0 Å². The van der Waals surface area contributed by atoms with Crippen LogP contribution >= 0.6 is 0 Å². The molecule has 0 aromatic rings. The van der Waals surface area contributed by atoms with Gasteiger partial charge in [0.25, 0.3) is 0 Å². The Bertz CT molecular complexity index is 169. The maximum absolute atomic E-state index is 6.04. The van der Waals surface area contributed by atoms with Crippen molar-refractivity contribution in [3.8, 4) is 0 Å². The van der Waals surface area contributed by atoms with Crippen molar-refractivity contribution in [3.05, 3.63) is 7.05 Å². The fourth-order valence-electron chi connectivity index (χ4n) is 2.71. The van der Waals surface area contributed by atoms with Gasteiger partial charge in [0.15, 0.2) is 0 Å². The maximum atomic E-state index is 6.04. The molecule has 0 atom stereocenters. The summed E-state index contributed by atoms with van der Waals surface area (Å²) in [4.78, 5) is 4.24. The molecule has 1 fully saturated rings. The molecule has 1 saturated carbocycles. The van der Waals surface area contributed by atoms with E-state index in [9.17, 15) is 0 Å². The van der Waals surface area contributed by atoms with Crippen molar-refractivity contribution in [1.29, 1.82) is 0 Å². The van der Waals surface area contributed by atoms with Crippen LogP contribution in [0.5, 0.6) is 0 Å². The van der Waals surface area contributed by atoms with Crippen LogP contribution in [0.1, 0.15) is 44.9 Å². The van der Waals surface area contributed by atoms with Crippen LogP contribution in [0.4, 0.5) is 0 Å². The van der Waals surface area contributed by atoms with Crippen LogP contribution in [-0.2, 0) is 0 Å². The monoisotopic (exact) mass is 210 g/mol. The van der Waals surface area contributed by atoms with Crippen LogP contribution < -0.4 is 0 Å². The van der Waals surface area contributed by atoms with Gasteiger partial charge in [-0.05, 0) is 53.4 Å². The summed E-state index contributed by atoms with van der Waals surface area (Å²) >= 11 is 0. The summed E-state index contributed by atoms with van der Waals surface area (Å²) in [6.45, 7) is 1.18. The van der Waals surface area contributed by atoms with Gasteiger partial charge in [0, 0.05) is 12.6 Å². The predicted octanol–water partition coefficient (Wildman–Crippen LogP) is 2.63. The summed E-state index contributed by atoms with van der Waals surface area (Å²) in [6, 6.07) is 0. The van der Waals surface area contributed by atoms with Crippen LogP contribution in [0.3, 0.4) is 0 Å². The smallest absolute Gasteiger partial charge is 0.0441 e. The first kappa shape index (κ1) is 13.0. The number of rotatable bonds is 5. The van der Waals surface area contributed by atoms with E-state index in [1.165, 1.54) is 51.5 Å². The summed E-state index contributed by atoms with van der Waals surface area (Å²) in [5.74, 6) is 0. The molecule has 2 nitrogen and oxygen atoms in total. The van der Waals surface area contributed by atoms with Gasteiger partial charge >= 0.3 is 0 Å². The molecule has 0 N–H and O–H groups in total. The number of hydrogen-bond donors (Lipinski definition) is 0. The fourth-order valence-corrected chi connectivity index (χ4v) is 2.71. The molecule has 0 bridgehead atoms. The quantitative estimate of drug-likeness (QED) is 0.644. The van der Waals surface area contributed by atoms with E-state index in [0.717, 1.165) is 0 Å². The second-order valence-electron chi connectivity index (χ2n) is 5.30. The van der Waals surface area contributed by atoms with Gasteiger partial charge < -0.3 is 4.90 Å². The molecule has 2 heteroatoms. The normalized spacial score (nSPS) is 21.2. The minimum atomic E-state index is 0.300. The average Bonchev–Trinajstić information content (AvgIpc) is 2.18. The summed E-state index contributed by atoms with van der Waals surface area (Å²) in [7, 11) is 12.4. The molecule has 0 saturated heterocycles. The highest BCUT2D eigenvalue weighted by Gasteiger charge is 2.33. The van der Waals surface area contributed by atoms with Gasteiger partial charge in [-0.25, -0.2) is 0 Å². The van der Waals surface area contributed by atoms with Crippen molar-refractivity contribution in [2.75, 3.05) is 27.7 Å². The first-order valence-corrected chi connectivity index (χ1v) is 6.20. The Morgan fingerprint density at radius 3 is 2.13 bits per heavy atom. The van der Waals surface area contributed by atoms with Crippen LogP contribution in [0.25, 0.3) is 0 Å². The highest BCUT2D eigenvalue weighted by atomic mass is 15.1. The van der Waals surface area contributed by atoms with Gasteiger partial charge in [0.05, 0.1) is 0 Å². The van der Waals surface area contributed by atoms with E-state index < -0.39 is 0 Å². The molecular weight excluding hydrogens is 184 g/mol. The number of hydrogen-bond acceptors (Lipinski definition) is 2. The third-order valence-corrected chi connectivity index (χ3v) is 3.78. The van der Waals surface area contributed by atoms with Gasteiger partial charge in [-0.2, -0.15) is 0 Å². The molecule has 0 spiro atoms. The summed E-state index contributed by atoms with van der Waals surface area (Å²) in [5.41, 5.74) is 0.300. The molecule has 1 aliphatic carbocycles. The molecule has 0 unspecified atom stereocenters. The largest absolute Gasteiger partial charge is 0.309 e. The molecule has 0 aromatic heterocycles. The van der Waals surface area contributed by atoms with E-state index in [1.54, 1.807) is 0 Å². The van der Waals surface area contributed by atoms with E-state index in [-0.39, 0.29) is 0 Å². The highest BCUT2D eigenvalue weighted by molar-refractivity contribution is 4.91. The second-order valence-corrected chi connectivity index (χ2v) is 5.30. The molecule has 2 radical (unpaired) electrons. The van der Waals surface area contributed by atoms with Crippen LogP contribution in [0.15, 0.2) is 0 Å². The van der Waals surface area contributed by atoms with E-state index in [1.807, 2.05) is 11.9 Å². The maximum Gasteiger partial charge on any atom is 0.0441 e. The molecular formula is C13H26N2. The molecule has 1 rings (SSSR count). The lowest BCUT2D eigenvalue weighted by atomic mass is 9.77. The van der Waals surface area contributed by atoms with Crippen LogP contribution in [-0.4, -0.2) is 43.0 Å². The van der Waals surface area contributed by atoms with Crippen LogP contribution in [0.2, 0.25) is 0 Å². The van der Waals surface area contributed by atoms with Crippen LogP contribution in [0, 0.1) is 7.05 Å². The van der Waals surface area contributed by atoms with Crippen molar-refractivity contribution in [3.63, 3.8) is 0 Å². The molecule has 15 heavy (non-hydrogen) atoms. The van der Waals surface area contributed by atoms with Crippen molar-refractivity contribution >= 4 is 0 Å². The summed E-state index contributed by atoms with van der Waals surface area (Å²) in [6.07, 6.45) is 9.17. The van der Waals surface area contributed by atoms with E-state index in [2.05, 4.69) is 19.0 Å². The van der Waals surface area contributed by atoms with Gasteiger partial charge in [-0.1, -0.05) is 19.3 Å². The van der Waals surface area contributed by atoms with Crippen molar-refractivity contribution in [2.24, 2.45) is 0 Å². The highest BCUT2D eigenvalue weighted by Crippen LogP contribution is 2.36. The Hall–Kier alpha value is -0.0800. The van der Waals surface area contributed by atoms with Gasteiger partial charge in [-0.3, -0.25) is 4.90 Å². The third-order valence-electron chi connectivity index (χ3n) is 3.78. The Labute approximate surface area is 95.6 Å². The molecule has 1 aliphatic rings. The Balaban J connectivity index is 2.42. The lowest BCUT2D eigenvalue weighted by Crippen LogP contribution is -2.45. The molecule has 0 aliphatic heterocycles. The molecule has 88 valence electrons. The minimum absolute atomic E-state index is 0.300. The van der Waals surface area contributed by atoms with E-state index >= 15 is 0 Å². The third kappa shape index (κ3) is 3.76. The van der Waals surface area contributed by atoms with Crippen molar-refractivity contribution in [1.82, 2.24) is 9.80 Å². The van der Waals surface area contributed by atoms with Gasteiger partial charge in [-0.15, -0.1) is 0 Å². The lowest BCUT2D eigenvalue weighted by Gasteiger charge is -2.43. The van der Waals surface area contributed by atoms with E-state index in [4.69, 9.17) is 7.05 Å². The second kappa shape index (κ2) is 5.86. The zero-order valence-electron chi connectivity index (χ0n) is 10.6. The summed E-state index contributed by atoms with van der Waals surface area (Å²) < 4.78 is 0. The Kier molecular flexibility index (Phi) is 5.07. The Morgan fingerprint density at radius 1 is 1.07 bits per heavy atom. The van der Waals surface area contributed by atoms with E-state index in [0.29, 0.717) is 5.54 Å². The standard InChI is InChI=1S/C13H26N2/c1-14(2)12-8-11-13(15(3)4)9-6-5-7-10-13/h3H,5-12H2,1-2,4H3. The molecule has 0 heterocycles. The van der Waals surface area contributed by atoms with Crippen molar-refractivity contribution in [2.45, 2.75) is 50.5 Å². The SMILES string of the molecule is [CH]N(C)C1(CCCN(C)C)CCCCC1. The average molecular weight is 210 g/mol. The zero-order valence-corrected chi connectivity index (χ0v) is 10.6. The minimum Gasteiger partial charge on any atom is -0.309 e. The Morgan fingerprint density at radius 2 is 1.67 bits per heavy atom. The molecule has 0 aromatic carbocycles. The predicted molar refractivity (Wildman–Crippen MR) is 65.7 cm³/mol. The zero-order chi connectivity index (χ0) is 11.3. The topological polar surface area (TPSA) is 6.48 Å². The first-order chi connectivity index (χ1) is 7.07. The van der Waals surface area contributed by atoms with Gasteiger partial charge in [0.1, 0.15) is 0 Å². The van der Waals surface area contributed by atoms with Crippen molar-refractivity contribution < 1.29 is 0 Å². The lowest BCUT2D eigenvalue weighted by molar-refractivity contribution is 0.101. The fraction of sp³-hybridized carbons (Fsp3) is 0.923.